The van der Waals surface area contributed by atoms with Gasteiger partial charge in [0, 0.05) is 11.4 Å². The molecular weight excluding hydrogens is 162 g/mol. The van der Waals surface area contributed by atoms with E-state index in [4.69, 9.17) is 17.3 Å². The zero-order chi connectivity index (χ0) is 8.27. The number of amides is 1. The Morgan fingerprint density at radius 2 is 2.09 bits per heavy atom. The van der Waals surface area contributed by atoms with Crippen molar-refractivity contribution in [3.05, 3.63) is 35.4 Å². The molecule has 0 saturated carbocycles. The van der Waals surface area contributed by atoms with Gasteiger partial charge < -0.3 is 5.73 Å². The van der Waals surface area contributed by atoms with Gasteiger partial charge in [-0.15, -0.1) is 11.6 Å². The normalized spacial score (nSPS) is 9.55. The molecule has 58 valence electrons. The second-order valence-electron chi connectivity index (χ2n) is 2.16. The second kappa shape index (κ2) is 3.39. The molecule has 3 heteroatoms. The summed E-state index contributed by atoms with van der Waals surface area (Å²) < 4.78 is 0. The highest BCUT2D eigenvalue weighted by molar-refractivity contribution is 6.17. The predicted octanol–water partition coefficient (Wildman–Crippen LogP) is 1.52. The Morgan fingerprint density at radius 3 is 2.55 bits per heavy atom. The largest absolute Gasteiger partial charge is 0.366 e. The maximum absolute atomic E-state index is 10.7. The van der Waals surface area contributed by atoms with Crippen LogP contribution in [0.3, 0.4) is 0 Å². The van der Waals surface area contributed by atoms with E-state index < -0.39 is 5.91 Å². The number of primary amides is 1. The molecule has 1 aromatic carbocycles. The molecule has 1 aromatic rings. The van der Waals surface area contributed by atoms with Crippen molar-refractivity contribution in [1.29, 1.82) is 0 Å². The smallest absolute Gasteiger partial charge is 0.249 e. The third-order valence-corrected chi connectivity index (χ3v) is 1.71. The van der Waals surface area contributed by atoms with Crippen LogP contribution in [0.25, 0.3) is 0 Å². The van der Waals surface area contributed by atoms with E-state index in [0.29, 0.717) is 11.4 Å². The maximum Gasteiger partial charge on any atom is 0.249 e. The fourth-order valence-electron chi connectivity index (χ4n) is 0.877. The summed E-state index contributed by atoms with van der Waals surface area (Å²) in [6.07, 6.45) is 0. The Hall–Kier alpha value is -1.02. The lowest BCUT2D eigenvalue weighted by atomic mass is 10.1. The molecule has 0 radical (unpaired) electrons. The Labute approximate surface area is 70.0 Å². The summed E-state index contributed by atoms with van der Waals surface area (Å²) in [7, 11) is 0. The van der Waals surface area contributed by atoms with Crippen molar-refractivity contribution in [2.75, 3.05) is 0 Å². The van der Waals surface area contributed by atoms with Crippen LogP contribution in [0.4, 0.5) is 0 Å². The average molecular weight is 170 g/mol. The molecule has 0 bridgehead atoms. The van der Waals surface area contributed by atoms with E-state index in [2.05, 4.69) is 0 Å². The van der Waals surface area contributed by atoms with E-state index in [1.807, 2.05) is 6.07 Å². The first-order valence-corrected chi connectivity index (χ1v) is 3.73. The van der Waals surface area contributed by atoms with Crippen LogP contribution in [-0.4, -0.2) is 5.91 Å². The van der Waals surface area contributed by atoms with Crippen LogP contribution in [-0.2, 0) is 5.88 Å². The summed E-state index contributed by atoms with van der Waals surface area (Å²) in [5.41, 5.74) is 6.37. The third-order valence-electron chi connectivity index (χ3n) is 1.43. The summed E-state index contributed by atoms with van der Waals surface area (Å²) in [4.78, 5) is 10.7. The van der Waals surface area contributed by atoms with Crippen molar-refractivity contribution in [3.8, 4) is 0 Å². The monoisotopic (exact) mass is 169 g/mol. The number of hydrogen-bond donors (Lipinski definition) is 1. The lowest BCUT2D eigenvalue weighted by Gasteiger charge is -2.00. The first-order chi connectivity index (χ1) is 5.25. The van der Waals surface area contributed by atoms with Crippen molar-refractivity contribution < 1.29 is 4.79 Å². The molecule has 2 N–H and O–H groups in total. The number of nitrogens with two attached hydrogens (primary N) is 1. The lowest BCUT2D eigenvalue weighted by Crippen LogP contribution is -2.12. The van der Waals surface area contributed by atoms with Gasteiger partial charge in [-0.05, 0) is 11.6 Å². The van der Waals surface area contributed by atoms with Gasteiger partial charge in [0.25, 0.3) is 0 Å². The van der Waals surface area contributed by atoms with Crippen molar-refractivity contribution in [2.45, 2.75) is 5.88 Å². The Balaban J connectivity index is 3.12. The zero-order valence-corrected chi connectivity index (χ0v) is 6.64. The maximum atomic E-state index is 10.7. The van der Waals surface area contributed by atoms with E-state index in [0.717, 1.165) is 5.56 Å². The molecule has 11 heavy (non-hydrogen) atoms. The molecule has 0 atom stereocenters. The summed E-state index contributed by atoms with van der Waals surface area (Å²) in [5, 5.41) is 0. The van der Waals surface area contributed by atoms with Gasteiger partial charge in [0.2, 0.25) is 5.91 Å². The average Bonchev–Trinajstić information content (AvgIpc) is 2.04. The summed E-state index contributed by atoms with van der Waals surface area (Å²) in [6, 6.07) is 7.04. The number of halogens is 1. The molecule has 0 aliphatic carbocycles. The van der Waals surface area contributed by atoms with Crippen molar-refractivity contribution >= 4 is 17.5 Å². The number of hydrogen-bond acceptors (Lipinski definition) is 1. The Bertz CT molecular complexity index is 273. The van der Waals surface area contributed by atoms with Crippen molar-refractivity contribution in [1.82, 2.24) is 0 Å². The fourth-order valence-corrected chi connectivity index (χ4v) is 1.11. The highest BCUT2D eigenvalue weighted by atomic mass is 35.5. The molecule has 1 rings (SSSR count). The minimum absolute atomic E-state index is 0.319. The Morgan fingerprint density at radius 1 is 1.45 bits per heavy atom. The summed E-state index contributed by atoms with van der Waals surface area (Å²) in [6.45, 7) is 0. The third kappa shape index (κ3) is 1.71. The van der Waals surface area contributed by atoms with E-state index >= 15 is 0 Å². The number of rotatable bonds is 2. The molecule has 0 aliphatic heterocycles. The van der Waals surface area contributed by atoms with Gasteiger partial charge in [-0.2, -0.15) is 0 Å². The molecule has 2 nitrogen and oxygen atoms in total. The molecule has 0 aromatic heterocycles. The highest BCUT2D eigenvalue weighted by Gasteiger charge is 2.04. The molecular formula is C8H8ClNO. The van der Waals surface area contributed by atoms with Crippen LogP contribution < -0.4 is 5.73 Å². The number of carbonyl (C=O) groups excluding carboxylic acids is 1. The SMILES string of the molecule is NC(=O)c1ccccc1CCl. The van der Waals surface area contributed by atoms with E-state index in [-0.39, 0.29) is 0 Å². The Kier molecular flexibility index (Phi) is 2.49. The number of benzene rings is 1. The molecule has 1 amide bonds. The van der Waals surface area contributed by atoms with Crippen LogP contribution in [0.2, 0.25) is 0 Å². The van der Waals surface area contributed by atoms with Crippen molar-refractivity contribution in [2.24, 2.45) is 5.73 Å². The van der Waals surface area contributed by atoms with Gasteiger partial charge in [0.05, 0.1) is 0 Å². The van der Waals surface area contributed by atoms with Gasteiger partial charge in [0.15, 0.2) is 0 Å². The van der Waals surface area contributed by atoms with Gasteiger partial charge in [-0.3, -0.25) is 4.79 Å². The second-order valence-corrected chi connectivity index (χ2v) is 2.42. The molecule has 0 aliphatic rings. The van der Waals surface area contributed by atoms with Gasteiger partial charge in [-0.1, -0.05) is 18.2 Å². The van der Waals surface area contributed by atoms with Gasteiger partial charge >= 0.3 is 0 Å². The van der Waals surface area contributed by atoms with Crippen LogP contribution in [0.1, 0.15) is 15.9 Å². The van der Waals surface area contributed by atoms with E-state index in [1.165, 1.54) is 0 Å². The van der Waals surface area contributed by atoms with Crippen LogP contribution >= 0.6 is 11.6 Å². The molecule has 0 heterocycles. The zero-order valence-electron chi connectivity index (χ0n) is 5.88. The summed E-state index contributed by atoms with van der Waals surface area (Å²) >= 11 is 5.57. The molecule has 0 saturated heterocycles. The quantitative estimate of drug-likeness (QED) is 0.671. The molecule has 0 unspecified atom stereocenters. The van der Waals surface area contributed by atoms with Crippen LogP contribution in [0.5, 0.6) is 0 Å². The number of alkyl halides is 1. The van der Waals surface area contributed by atoms with E-state index in [9.17, 15) is 4.79 Å². The van der Waals surface area contributed by atoms with Crippen molar-refractivity contribution in [3.63, 3.8) is 0 Å². The van der Waals surface area contributed by atoms with E-state index in [1.54, 1.807) is 18.2 Å². The lowest BCUT2D eigenvalue weighted by molar-refractivity contribution is 0.0999. The first kappa shape index (κ1) is 8.08. The molecule has 0 spiro atoms. The predicted molar refractivity (Wildman–Crippen MR) is 44.5 cm³/mol. The minimum Gasteiger partial charge on any atom is -0.366 e. The van der Waals surface area contributed by atoms with Gasteiger partial charge in [0.1, 0.15) is 0 Å². The molecule has 0 fully saturated rings. The standard InChI is InChI=1S/C8H8ClNO/c9-5-6-3-1-2-4-7(6)8(10)11/h1-4H,5H2,(H2,10,11). The minimum atomic E-state index is -0.429. The summed E-state index contributed by atoms with van der Waals surface area (Å²) in [5.74, 6) is -0.111. The van der Waals surface area contributed by atoms with Gasteiger partial charge in [-0.25, -0.2) is 0 Å². The first-order valence-electron chi connectivity index (χ1n) is 3.19. The topological polar surface area (TPSA) is 43.1 Å². The van der Waals surface area contributed by atoms with Crippen LogP contribution in [0, 0.1) is 0 Å². The highest BCUT2D eigenvalue weighted by Crippen LogP contribution is 2.09. The fraction of sp³-hybridized carbons (Fsp3) is 0.125. The number of carbonyl (C=O) groups is 1. The van der Waals surface area contributed by atoms with Crippen LogP contribution in [0.15, 0.2) is 24.3 Å².